The van der Waals surface area contributed by atoms with Crippen LogP contribution in [0.4, 0.5) is 0 Å². The first-order valence-electron chi connectivity index (χ1n) is 8.95. The van der Waals surface area contributed by atoms with Crippen molar-refractivity contribution < 1.29 is 19.0 Å². The van der Waals surface area contributed by atoms with Gasteiger partial charge in [-0.3, -0.25) is 0 Å². The average molecular weight is 433 g/mol. The van der Waals surface area contributed by atoms with E-state index in [-0.39, 0.29) is 6.61 Å². The summed E-state index contributed by atoms with van der Waals surface area (Å²) in [6.07, 6.45) is 0. The van der Waals surface area contributed by atoms with Gasteiger partial charge in [0.25, 0.3) is 0 Å². The van der Waals surface area contributed by atoms with Crippen molar-refractivity contribution in [3.8, 4) is 11.5 Å². The minimum absolute atomic E-state index is 0.237. The van der Waals surface area contributed by atoms with Crippen LogP contribution in [0, 0.1) is 0 Å². The molecule has 0 saturated carbocycles. The topological polar surface area (TPSA) is 68.8 Å². The third-order valence-electron chi connectivity index (χ3n) is 4.44. The molecule has 1 heterocycles. The van der Waals surface area contributed by atoms with Crippen molar-refractivity contribution in [2.45, 2.75) is 13.0 Å². The number of methoxy groups -OCH3 is 2. The highest BCUT2D eigenvalue weighted by atomic mass is 35.5. The Morgan fingerprint density at radius 1 is 1.14 bits per heavy atom. The molecular weight excluding hydrogens is 412 g/mol. The summed E-state index contributed by atoms with van der Waals surface area (Å²) in [4.78, 5) is 13.0. The van der Waals surface area contributed by atoms with E-state index in [0.717, 1.165) is 5.56 Å². The van der Waals surface area contributed by atoms with E-state index in [1.165, 1.54) is 14.2 Å². The lowest BCUT2D eigenvalue weighted by atomic mass is 9.92. The van der Waals surface area contributed by atoms with Crippen molar-refractivity contribution in [2.75, 3.05) is 20.8 Å². The van der Waals surface area contributed by atoms with Gasteiger partial charge in [-0.25, -0.2) is 4.79 Å². The fourth-order valence-electron chi connectivity index (χ4n) is 3.15. The van der Waals surface area contributed by atoms with Crippen molar-refractivity contribution in [3.63, 3.8) is 0 Å². The van der Waals surface area contributed by atoms with Gasteiger partial charge in [-0.15, -0.1) is 0 Å². The predicted octanol–water partition coefficient (Wildman–Crippen LogP) is 3.85. The molecule has 152 valence electrons. The van der Waals surface area contributed by atoms with E-state index in [9.17, 15) is 4.79 Å². The highest BCUT2D eigenvalue weighted by Crippen LogP contribution is 2.40. The van der Waals surface area contributed by atoms with Crippen molar-refractivity contribution >= 4 is 40.6 Å². The van der Waals surface area contributed by atoms with Crippen molar-refractivity contribution in [2.24, 2.45) is 0 Å². The van der Waals surface area contributed by atoms with Crippen LogP contribution in [0.5, 0.6) is 11.5 Å². The Morgan fingerprint density at radius 2 is 1.79 bits per heavy atom. The molecule has 8 heteroatoms. The lowest BCUT2D eigenvalue weighted by Crippen LogP contribution is -2.45. The molecule has 1 atom stereocenters. The van der Waals surface area contributed by atoms with Gasteiger partial charge in [0.2, 0.25) is 0 Å². The number of benzene rings is 2. The number of rotatable bonds is 6. The van der Waals surface area contributed by atoms with Crippen molar-refractivity contribution in [3.05, 3.63) is 64.2 Å². The van der Waals surface area contributed by atoms with Gasteiger partial charge in [-0.05, 0) is 30.8 Å². The molecule has 0 spiro atoms. The van der Waals surface area contributed by atoms with Crippen LogP contribution in [0.1, 0.15) is 24.1 Å². The van der Waals surface area contributed by atoms with Gasteiger partial charge in [-0.2, -0.15) is 0 Å². The number of halogens is 1. The van der Waals surface area contributed by atoms with E-state index in [1.54, 1.807) is 19.1 Å². The van der Waals surface area contributed by atoms with Crippen LogP contribution in [0.25, 0.3) is 5.70 Å². The molecule has 0 aromatic heterocycles. The van der Waals surface area contributed by atoms with E-state index < -0.39 is 12.0 Å². The summed E-state index contributed by atoms with van der Waals surface area (Å²) in [5.74, 6) is 0.509. The molecule has 1 unspecified atom stereocenters. The minimum atomic E-state index is -0.634. The summed E-state index contributed by atoms with van der Waals surface area (Å²) in [5.41, 5.74) is 2.37. The highest BCUT2D eigenvalue weighted by molar-refractivity contribution is 7.80. The number of carbonyl (C=O) groups excluding carboxylic acids is 1. The third kappa shape index (κ3) is 4.31. The molecule has 0 aliphatic carbocycles. The zero-order chi connectivity index (χ0) is 21.0. The quantitative estimate of drug-likeness (QED) is 0.530. The maximum absolute atomic E-state index is 13.0. The molecule has 0 fully saturated rings. The molecular formula is C21H21ClN2O4S. The van der Waals surface area contributed by atoms with Crippen LogP contribution in [0.2, 0.25) is 5.02 Å². The molecule has 1 aliphatic rings. The van der Waals surface area contributed by atoms with Crippen LogP contribution in [-0.4, -0.2) is 31.9 Å². The minimum Gasteiger partial charge on any atom is -0.493 e. The zero-order valence-corrected chi connectivity index (χ0v) is 17.8. The maximum Gasteiger partial charge on any atom is 0.338 e. The summed E-state index contributed by atoms with van der Waals surface area (Å²) >= 11 is 12.0. The summed E-state index contributed by atoms with van der Waals surface area (Å²) in [6.45, 7) is 1.99. The third-order valence-corrected chi connectivity index (χ3v) is 4.99. The first-order valence-corrected chi connectivity index (χ1v) is 9.74. The molecule has 1 aliphatic heterocycles. The summed E-state index contributed by atoms with van der Waals surface area (Å²) in [6, 6.07) is 12.2. The summed E-state index contributed by atoms with van der Waals surface area (Å²) in [5, 5.41) is 6.99. The van der Waals surface area contributed by atoms with Gasteiger partial charge in [0.1, 0.15) is 0 Å². The number of carbonyl (C=O) groups is 1. The fourth-order valence-corrected chi connectivity index (χ4v) is 3.63. The molecule has 0 saturated heterocycles. The van der Waals surface area contributed by atoms with Crippen LogP contribution >= 0.6 is 23.8 Å². The van der Waals surface area contributed by atoms with E-state index in [2.05, 4.69) is 10.6 Å². The fraction of sp³-hybridized carbons (Fsp3) is 0.238. The predicted molar refractivity (Wildman–Crippen MR) is 116 cm³/mol. The van der Waals surface area contributed by atoms with Gasteiger partial charge in [0.15, 0.2) is 16.6 Å². The first-order chi connectivity index (χ1) is 14.0. The lowest BCUT2D eigenvalue weighted by Gasteiger charge is -2.32. The Balaban J connectivity index is 2.23. The number of esters is 1. The zero-order valence-electron chi connectivity index (χ0n) is 16.2. The van der Waals surface area contributed by atoms with Crippen LogP contribution in [0.15, 0.2) is 48.0 Å². The van der Waals surface area contributed by atoms with Crippen molar-refractivity contribution in [1.29, 1.82) is 0 Å². The molecule has 3 rings (SSSR count). The molecule has 2 N–H and O–H groups in total. The van der Waals surface area contributed by atoms with Crippen LogP contribution in [0.3, 0.4) is 0 Å². The molecule has 0 bridgehead atoms. The molecule has 0 radical (unpaired) electrons. The van der Waals surface area contributed by atoms with Crippen molar-refractivity contribution in [1.82, 2.24) is 10.6 Å². The highest BCUT2D eigenvalue weighted by Gasteiger charge is 2.34. The second kappa shape index (κ2) is 9.15. The molecule has 29 heavy (non-hydrogen) atoms. The first kappa shape index (κ1) is 21.0. The SMILES string of the molecule is CCOC(=O)C1=C(c2ccccc2)NC(=S)NC1c1cc(OC)c(OC)cc1Cl. The second-order valence-corrected chi connectivity index (χ2v) is 6.95. The smallest absolute Gasteiger partial charge is 0.338 e. The van der Waals surface area contributed by atoms with Gasteiger partial charge in [0.05, 0.1) is 43.2 Å². The van der Waals surface area contributed by atoms with Gasteiger partial charge in [0, 0.05) is 11.6 Å². The van der Waals surface area contributed by atoms with Gasteiger partial charge >= 0.3 is 5.97 Å². The molecule has 2 aromatic rings. The lowest BCUT2D eigenvalue weighted by molar-refractivity contribution is -0.138. The van der Waals surface area contributed by atoms with Crippen LogP contribution in [-0.2, 0) is 9.53 Å². The summed E-state index contributed by atoms with van der Waals surface area (Å²) in [7, 11) is 3.07. The number of nitrogens with one attached hydrogen (secondary N) is 2. The number of hydrogen-bond acceptors (Lipinski definition) is 5. The molecule has 2 aromatic carbocycles. The Hall–Kier alpha value is -2.77. The average Bonchev–Trinajstić information content (AvgIpc) is 2.73. The van der Waals surface area contributed by atoms with Crippen LogP contribution < -0.4 is 20.1 Å². The second-order valence-electron chi connectivity index (χ2n) is 6.14. The Kier molecular flexibility index (Phi) is 6.61. The monoisotopic (exact) mass is 432 g/mol. The van der Waals surface area contributed by atoms with Gasteiger partial charge in [-0.1, -0.05) is 41.9 Å². The standard InChI is InChI=1S/C21H21ClN2O4S/c1-4-28-20(25)17-18(12-8-6-5-7-9-12)23-21(29)24-19(17)13-10-15(26-2)16(27-3)11-14(13)22/h5-11,19H,4H2,1-3H3,(H2,23,24,29). The summed E-state index contributed by atoms with van der Waals surface area (Å²) < 4.78 is 16.1. The Bertz CT molecular complexity index is 963. The maximum atomic E-state index is 13.0. The Morgan fingerprint density at radius 3 is 2.41 bits per heavy atom. The van der Waals surface area contributed by atoms with E-state index in [1.807, 2.05) is 30.3 Å². The number of ether oxygens (including phenoxy) is 3. The largest absolute Gasteiger partial charge is 0.493 e. The van der Waals surface area contributed by atoms with E-state index in [0.29, 0.717) is 38.5 Å². The molecule has 0 amide bonds. The number of thiocarbonyl (C=S) groups is 1. The van der Waals surface area contributed by atoms with E-state index in [4.69, 9.17) is 38.0 Å². The molecule has 6 nitrogen and oxygen atoms in total. The number of hydrogen-bond donors (Lipinski definition) is 2. The van der Waals surface area contributed by atoms with E-state index >= 15 is 0 Å². The van der Waals surface area contributed by atoms with Gasteiger partial charge < -0.3 is 24.8 Å². The normalized spacial score (nSPS) is 16.0. The Labute approximate surface area is 179 Å².